The molecule has 6 heteroatoms. The summed E-state index contributed by atoms with van der Waals surface area (Å²) in [5.41, 5.74) is 1.45. The summed E-state index contributed by atoms with van der Waals surface area (Å²) in [6.45, 7) is 1.83. The van der Waals surface area contributed by atoms with Crippen molar-refractivity contribution in [3.63, 3.8) is 0 Å². The van der Waals surface area contributed by atoms with Crippen LogP contribution in [0.3, 0.4) is 0 Å². The second-order valence-electron chi connectivity index (χ2n) is 7.05. The summed E-state index contributed by atoms with van der Waals surface area (Å²) in [5.74, 6) is 0.515. The van der Waals surface area contributed by atoms with Crippen molar-refractivity contribution in [2.75, 3.05) is 20.2 Å². The second kappa shape index (κ2) is 7.84. The average Bonchev–Trinajstić information content (AvgIpc) is 2.76. The number of fused-ring (bicyclic) bond motifs is 1. The SMILES string of the molecule is COc1ccc(Cn2nc(C(=O)N3CCCCC3)c(=O)c3ccccc32)cc1. The number of para-hydroxylation sites is 1. The first-order valence-electron chi connectivity index (χ1n) is 9.59. The van der Waals surface area contributed by atoms with Crippen LogP contribution < -0.4 is 10.2 Å². The van der Waals surface area contributed by atoms with Gasteiger partial charge in [0.15, 0.2) is 5.69 Å². The van der Waals surface area contributed by atoms with E-state index in [-0.39, 0.29) is 17.0 Å². The van der Waals surface area contributed by atoms with Crippen molar-refractivity contribution in [2.24, 2.45) is 0 Å². The van der Waals surface area contributed by atoms with Crippen LogP contribution in [0.1, 0.15) is 35.3 Å². The minimum Gasteiger partial charge on any atom is -0.497 e. The van der Waals surface area contributed by atoms with E-state index < -0.39 is 0 Å². The molecule has 0 unspecified atom stereocenters. The number of benzene rings is 2. The molecule has 0 radical (unpaired) electrons. The molecule has 1 aromatic heterocycles. The number of nitrogens with zero attached hydrogens (tertiary/aromatic N) is 3. The van der Waals surface area contributed by atoms with Crippen molar-refractivity contribution in [3.8, 4) is 5.75 Å². The van der Waals surface area contributed by atoms with Gasteiger partial charge in [-0.1, -0.05) is 24.3 Å². The van der Waals surface area contributed by atoms with Crippen molar-refractivity contribution >= 4 is 16.8 Å². The van der Waals surface area contributed by atoms with Crippen molar-refractivity contribution in [3.05, 3.63) is 70.0 Å². The summed E-state index contributed by atoms with van der Waals surface area (Å²) >= 11 is 0. The van der Waals surface area contributed by atoms with Crippen LogP contribution in [0, 0.1) is 0 Å². The zero-order valence-corrected chi connectivity index (χ0v) is 15.9. The molecule has 0 aliphatic carbocycles. The number of hydrogen-bond acceptors (Lipinski definition) is 4. The quantitative estimate of drug-likeness (QED) is 0.701. The Labute approximate surface area is 163 Å². The van der Waals surface area contributed by atoms with Crippen LogP contribution in [0.2, 0.25) is 0 Å². The average molecular weight is 377 g/mol. The van der Waals surface area contributed by atoms with Crippen LogP contribution in [0.5, 0.6) is 5.75 Å². The highest BCUT2D eigenvalue weighted by Gasteiger charge is 2.24. The molecule has 0 atom stereocenters. The zero-order valence-electron chi connectivity index (χ0n) is 15.9. The molecule has 0 saturated carbocycles. The van der Waals surface area contributed by atoms with Crippen LogP contribution >= 0.6 is 0 Å². The molecule has 1 aliphatic rings. The number of amides is 1. The lowest BCUT2D eigenvalue weighted by Gasteiger charge is -2.26. The Hall–Kier alpha value is -3.15. The topological polar surface area (TPSA) is 64.4 Å². The van der Waals surface area contributed by atoms with E-state index in [4.69, 9.17) is 4.74 Å². The number of carbonyl (C=O) groups excluding carboxylic acids is 1. The number of ether oxygens (including phenoxy) is 1. The van der Waals surface area contributed by atoms with Crippen LogP contribution in [0.4, 0.5) is 0 Å². The lowest BCUT2D eigenvalue weighted by molar-refractivity contribution is 0.0714. The number of hydrogen-bond donors (Lipinski definition) is 0. The summed E-state index contributed by atoms with van der Waals surface area (Å²) in [6, 6.07) is 15.0. The Morgan fingerprint density at radius 2 is 1.75 bits per heavy atom. The fraction of sp³-hybridized carbons (Fsp3) is 0.318. The first kappa shape index (κ1) is 18.2. The molecule has 6 nitrogen and oxygen atoms in total. The van der Waals surface area contributed by atoms with Gasteiger partial charge < -0.3 is 9.64 Å². The van der Waals surface area contributed by atoms with Crippen molar-refractivity contribution in [1.82, 2.24) is 14.7 Å². The van der Waals surface area contributed by atoms with E-state index in [0.29, 0.717) is 25.0 Å². The number of aromatic nitrogens is 2. The predicted molar refractivity (Wildman–Crippen MR) is 108 cm³/mol. The van der Waals surface area contributed by atoms with Gasteiger partial charge in [0.25, 0.3) is 5.91 Å². The van der Waals surface area contributed by atoms with Gasteiger partial charge in [-0.05, 0) is 49.1 Å². The Balaban J connectivity index is 1.77. The van der Waals surface area contributed by atoms with Gasteiger partial charge in [0.2, 0.25) is 5.43 Å². The lowest BCUT2D eigenvalue weighted by atomic mass is 10.1. The monoisotopic (exact) mass is 377 g/mol. The maximum Gasteiger partial charge on any atom is 0.278 e. The highest BCUT2D eigenvalue weighted by atomic mass is 16.5. The van der Waals surface area contributed by atoms with E-state index in [1.807, 2.05) is 42.5 Å². The first-order valence-corrected chi connectivity index (χ1v) is 9.59. The summed E-state index contributed by atoms with van der Waals surface area (Å²) < 4.78 is 6.95. The predicted octanol–water partition coefficient (Wildman–Crippen LogP) is 3.08. The van der Waals surface area contributed by atoms with Gasteiger partial charge in [-0.2, -0.15) is 5.10 Å². The molecule has 1 fully saturated rings. The first-order chi connectivity index (χ1) is 13.7. The van der Waals surface area contributed by atoms with E-state index in [1.54, 1.807) is 22.8 Å². The minimum atomic E-state index is -0.294. The molecule has 0 N–H and O–H groups in total. The summed E-state index contributed by atoms with van der Waals surface area (Å²) in [7, 11) is 1.63. The molecule has 2 aromatic carbocycles. The highest BCUT2D eigenvalue weighted by molar-refractivity contribution is 5.95. The molecule has 1 aliphatic heterocycles. The molecule has 0 bridgehead atoms. The largest absolute Gasteiger partial charge is 0.497 e. The molecule has 144 valence electrons. The van der Waals surface area contributed by atoms with Crippen LogP contribution in [-0.2, 0) is 6.54 Å². The number of piperidine rings is 1. The van der Waals surface area contributed by atoms with Gasteiger partial charge >= 0.3 is 0 Å². The standard InChI is InChI=1S/C22H23N3O3/c1-28-17-11-9-16(10-12-17)15-25-19-8-4-3-7-18(19)21(26)20(23-25)22(27)24-13-5-2-6-14-24/h3-4,7-12H,2,5-6,13-15H2,1H3. The Morgan fingerprint density at radius 1 is 1.04 bits per heavy atom. The van der Waals surface area contributed by atoms with Gasteiger partial charge in [0.05, 0.1) is 19.2 Å². The summed E-state index contributed by atoms with van der Waals surface area (Å²) in [5, 5.41) is 5.01. The molecule has 1 amide bonds. The molecule has 28 heavy (non-hydrogen) atoms. The number of methoxy groups -OCH3 is 1. The van der Waals surface area contributed by atoms with Crippen molar-refractivity contribution < 1.29 is 9.53 Å². The molecule has 3 aromatic rings. The fourth-order valence-corrected chi connectivity index (χ4v) is 3.65. The van der Waals surface area contributed by atoms with E-state index in [9.17, 15) is 9.59 Å². The van der Waals surface area contributed by atoms with E-state index in [0.717, 1.165) is 36.1 Å². The second-order valence-corrected chi connectivity index (χ2v) is 7.05. The van der Waals surface area contributed by atoms with E-state index in [1.165, 1.54) is 0 Å². The van der Waals surface area contributed by atoms with Crippen LogP contribution in [-0.4, -0.2) is 40.8 Å². The third-order valence-electron chi connectivity index (χ3n) is 5.20. The van der Waals surface area contributed by atoms with Gasteiger partial charge in [0.1, 0.15) is 5.75 Å². The number of rotatable bonds is 4. The third-order valence-corrected chi connectivity index (χ3v) is 5.20. The molecule has 2 heterocycles. The number of likely N-dealkylation sites (tertiary alicyclic amines) is 1. The molecular weight excluding hydrogens is 354 g/mol. The van der Waals surface area contributed by atoms with Crippen LogP contribution in [0.25, 0.3) is 10.9 Å². The van der Waals surface area contributed by atoms with Crippen LogP contribution in [0.15, 0.2) is 53.3 Å². The summed E-state index contributed by atoms with van der Waals surface area (Å²) in [4.78, 5) is 27.7. The van der Waals surface area contributed by atoms with Crippen molar-refractivity contribution in [2.45, 2.75) is 25.8 Å². The van der Waals surface area contributed by atoms with Gasteiger partial charge in [-0.15, -0.1) is 0 Å². The molecule has 1 saturated heterocycles. The third kappa shape index (κ3) is 3.50. The van der Waals surface area contributed by atoms with Gasteiger partial charge in [-0.3, -0.25) is 14.3 Å². The van der Waals surface area contributed by atoms with Gasteiger partial charge in [-0.25, -0.2) is 0 Å². The highest BCUT2D eigenvalue weighted by Crippen LogP contribution is 2.17. The van der Waals surface area contributed by atoms with Gasteiger partial charge in [0, 0.05) is 18.5 Å². The van der Waals surface area contributed by atoms with E-state index in [2.05, 4.69) is 5.10 Å². The number of carbonyl (C=O) groups is 1. The Bertz CT molecular complexity index is 1050. The smallest absolute Gasteiger partial charge is 0.278 e. The molecular formula is C22H23N3O3. The zero-order chi connectivity index (χ0) is 19.5. The van der Waals surface area contributed by atoms with E-state index >= 15 is 0 Å². The van der Waals surface area contributed by atoms with Crippen molar-refractivity contribution in [1.29, 1.82) is 0 Å². The lowest BCUT2D eigenvalue weighted by Crippen LogP contribution is -2.39. The maximum atomic E-state index is 13.0. The molecule has 4 rings (SSSR count). The maximum absolute atomic E-state index is 13.0. The summed E-state index contributed by atoms with van der Waals surface area (Å²) in [6.07, 6.45) is 3.06. The Kier molecular flexibility index (Phi) is 5.10. The Morgan fingerprint density at radius 3 is 2.46 bits per heavy atom. The molecule has 0 spiro atoms. The fourth-order valence-electron chi connectivity index (χ4n) is 3.65. The minimum absolute atomic E-state index is 0.00844. The normalized spacial score (nSPS) is 14.2.